The van der Waals surface area contributed by atoms with Crippen molar-refractivity contribution in [3.05, 3.63) is 138 Å². The third-order valence-corrected chi connectivity index (χ3v) is 8.93. The first-order chi connectivity index (χ1) is 21.4. The van der Waals surface area contributed by atoms with E-state index in [1.807, 2.05) is 36.4 Å². The standard InChI is InChI=1S/C40H28N4/c1-40(2,3)26-18-21-35-30(23-26)38-27-12-6-5-11-25(27)17-20-37(38)43(35)36-22-19-32(42-4)39(31(36)24-41)44-33-15-9-7-13-28(33)29-14-8-10-16-34(29)44/h5-23H,1-3H3. The van der Waals surface area contributed by atoms with Gasteiger partial charge in [0.25, 0.3) is 0 Å². The maximum Gasteiger partial charge on any atom is 0.212 e. The average molecular weight is 565 g/mol. The molecule has 8 rings (SSSR count). The highest BCUT2D eigenvalue weighted by atomic mass is 15.0. The summed E-state index contributed by atoms with van der Waals surface area (Å²) >= 11 is 0. The van der Waals surface area contributed by atoms with E-state index in [0.717, 1.165) is 43.9 Å². The van der Waals surface area contributed by atoms with Gasteiger partial charge in [-0.15, -0.1) is 0 Å². The number of hydrogen-bond acceptors (Lipinski definition) is 1. The van der Waals surface area contributed by atoms with Gasteiger partial charge < -0.3 is 9.13 Å². The zero-order chi connectivity index (χ0) is 30.2. The van der Waals surface area contributed by atoms with Crippen molar-refractivity contribution in [2.45, 2.75) is 26.2 Å². The van der Waals surface area contributed by atoms with Gasteiger partial charge in [0.2, 0.25) is 5.69 Å². The first kappa shape index (κ1) is 25.8. The SMILES string of the molecule is [C-]#[N+]c1ccc(-n2c3ccc(C(C)(C)C)cc3c3c4ccccc4ccc32)c(C#N)c1-n1c2ccccc2c2ccccc21. The van der Waals surface area contributed by atoms with Crippen LogP contribution in [0.5, 0.6) is 0 Å². The second-order valence-electron chi connectivity index (χ2n) is 12.4. The van der Waals surface area contributed by atoms with Crippen LogP contribution in [0.4, 0.5) is 5.69 Å². The van der Waals surface area contributed by atoms with Crippen molar-refractivity contribution in [1.82, 2.24) is 9.13 Å². The minimum absolute atomic E-state index is 0.0218. The Hall–Kier alpha value is -5.84. The molecule has 0 fully saturated rings. The van der Waals surface area contributed by atoms with Gasteiger partial charge >= 0.3 is 0 Å². The van der Waals surface area contributed by atoms with Crippen molar-refractivity contribution in [2.75, 3.05) is 0 Å². The lowest BCUT2D eigenvalue weighted by Gasteiger charge is -2.20. The Morgan fingerprint density at radius 3 is 1.91 bits per heavy atom. The van der Waals surface area contributed by atoms with Crippen molar-refractivity contribution >= 4 is 60.1 Å². The molecule has 0 aliphatic carbocycles. The smallest absolute Gasteiger partial charge is 0.212 e. The van der Waals surface area contributed by atoms with Crippen molar-refractivity contribution in [3.63, 3.8) is 0 Å². The van der Waals surface area contributed by atoms with Gasteiger partial charge in [-0.2, -0.15) is 5.26 Å². The molecule has 6 aromatic carbocycles. The third kappa shape index (κ3) is 3.55. The summed E-state index contributed by atoms with van der Waals surface area (Å²) < 4.78 is 4.31. The third-order valence-electron chi connectivity index (χ3n) is 8.93. The summed E-state index contributed by atoms with van der Waals surface area (Å²) in [7, 11) is 0. The van der Waals surface area contributed by atoms with Crippen LogP contribution in [0.2, 0.25) is 0 Å². The van der Waals surface area contributed by atoms with E-state index in [1.54, 1.807) is 0 Å². The van der Waals surface area contributed by atoms with Crippen LogP contribution in [0.1, 0.15) is 31.9 Å². The highest BCUT2D eigenvalue weighted by Crippen LogP contribution is 2.43. The van der Waals surface area contributed by atoms with Crippen LogP contribution in [0.25, 0.3) is 70.6 Å². The number of nitrogens with zero attached hydrogens (tertiary/aromatic N) is 4. The normalized spacial score (nSPS) is 11.9. The molecule has 0 unspecified atom stereocenters. The van der Waals surface area contributed by atoms with Gasteiger partial charge in [0.1, 0.15) is 6.07 Å². The van der Waals surface area contributed by atoms with Gasteiger partial charge in [0, 0.05) is 21.5 Å². The summed E-state index contributed by atoms with van der Waals surface area (Å²) in [6.07, 6.45) is 0. The predicted octanol–water partition coefficient (Wildman–Crippen LogP) is 10.8. The van der Waals surface area contributed by atoms with E-state index in [0.29, 0.717) is 16.9 Å². The summed E-state index contributed by atoms with van der Waals surface area (Å²) in [5.41, 5.74) is 7.52. The highest BCUT2D eigenvalue weighted by molar-refractivity contribution is 6.21. The number of fused-ring (bicyclic) bond motifs is 8. The molecule has 2 aromatic heterocycles. The molecular weight excluding hydrogens is 536 g/mol. The maximum absolute atomic E-state index is 10.9. The molecule has 0 amide bonds. The molecule has 0 radical (unpaired) electrons. The van der Waals surface area contributed by atoms with Crippen LogP contribution >= 0.6 is 0 Å². The number of nitriles is 1. The Morgan fingerprint density at radius 1 is 0.636 bits per heavy atom. The zero-order valence-electron chi connectivity index (χ0n) is 24.8. The van der Waals surface area contributed by atoms with Gasteiger partial charge in [0.15, 0.2) is 0 Å². The van der Waals surface area contributed by atoms with Gasteiger partial charge in [-0.1, -0.05) is 99.6 Å². The van der Waals surface area contributed by atoms with E-state index in [9.17, 15) is 5.26 Å². The fraction of sp³-hybridized carbons (Fsp3) is 0.100. The van der Waals surface area contributed by atoms with Crippen LogP contribution in [0.15, 0.2) is 115 Å². The number of para-hydroxylation sites is 2. The molecule has 0 saturated carbocycles. The summed E-state index contributed by atoms with van der Waals surface area (Å²) in [4.78, 5) is 3.94. The minimum atomic E-state index is -0.0218. The maximum atomic E-state index is 10.9. The molecule has 0 spiro atoms. The predicted molar refractivity (Wildman–Crippen MR) is 182 cm³/mol. The highest BCUT2D eigenvalue weighted by Gasteiger charge is 2.24. The van der Waals surface area contributed by atoms with E-state index in [1.165, 1.54) is 21.7 Å². The van der Waals surface area contributed by atoms with E-state index in [-0.39, 0.29) is 5.41 Å². The fourth-order valence-corrected chi connectivity index (χ4v) is 6.86. The van der Waals surface area contributed by atoms with E-state index >= 15 is 0 Å². The van der Waals surface area contributed by atoms with Gasteiger partial charge in [-0.05, 0) is 58.1 Å². The molecule has 2 heterocycles. The fourth-order valence-electron chi connectivity index (χ4n) is 6.86. The Morgan fingerprint density at radius 2 is 1.25 bits per heavy atom. The van der Waals surface area contributed by atoms with E-state index < -0.39 is 0 Å². The number of hydrogen-bond donors (Lipinski definition) is 0. The van der Waals surface area contributed by atoms with Crippen molar-refractivity contribution < 1.29 is 0 Å². The van der Waals surface area contributed by atoms with Crippen LogP contribution in [-0.2, 0) is 5.41 Å². The van der Waals surface area contributed by atoms with Gasteiger partial charge in [-0.3, -0.25) is 0 Å². The summed E-state index contributed by atoms with van der Waals surface area (Å²) in [6, 6.07) is 42.3. The number of rotatable bonds is 2. The molecule has 44 heavy (non-hydrogen) atoms. The Kier molecular flexibility index (Phi) is 5.48. The zero-order valence-corrected chi connectivity index (χ0v) is 24.8. The average Bonchev–Trinajstić information content (AvgIpc) is 3.56. The molecule has 8 aromatic rings. The molecule has 0 N–H and O–H groups in total. The van der Waals surface area contributed by atoms with E-state index in [4.69, 9.17) is 6.57 Å². The number of benzene rings is 6. The number of aromatic nitrogens is 2. The quantitative estimate of drug-likeness (QED) is 0.192. The second-order valence-corrected chi connectivity index (χ2v) is 12.4. The van der Waals surface area contributed by atoms with Crippen molar-refractivity contribution in [1.29, 1.82) is 5.26 Å². The van der Waals surface area contributed by atoms with Crippen molar-refractivity contribution in [3.8, 4) is 17.4 Å². The lowest BCUT2D eigenvalue weighted by atomic mass is 9.86. The second kappa shape index (κ2) is 9.33. The Bertz CT molecular complexity index is 2500. The van der Waals surface area contributed by atoms with Gasteiger partial charge in [0.05, 0.1) is 45.6 Å². The summed E-state index contributed by atoms with van der Waals surface area (Å²) in [5.74, 6) is 0. The largest absolute Gasteiger partial charge is 0.318 e. The summed E-state index contributed by atoms with van der Waals surface area (Å²) in [5, 5.41) is 17.8. The van der Waals surface area contributed by atoms with Crippen LogP contribution in [-0.4, -0.2) is 9.13 Å². The molecule has 0 saturated heterocycles. The molecule has 0 bridgehead atoms. The van der Waals surface area contributed by atoms with Gasteiger partial charge in [-0.25, -0.2) is 4.85 Å². The summed E-state index contributed by atoms with van der Waals surface area (Å²) in [6.45, 7) is 14.9. The first-order valence-corrected chi connectivity index (χ1v) is 14.8. The Balaban J connectivity index is 1.55. The lowest BCUT2D eigenvalue weighted by Crippen LogP contribution is -2.10. The molecule has 0 aliphatic heterocycles. The molecule has 0 atom stereocenters. The topological polar surface area (TPSA) is 38.0 Å². The molecule has 4 nitrogen and oxygen atoms in total. The van der Waals surface area contributed by atoms with Crippen LogP contribution in [0.3, 0.4) is 0 Å². The molecule has 0 aliphatic rings. The minimum Gasteiger partial charge on any atom is -0.318 e. The monoisotopic (exact) mass is 564 g/mol. The first-order valence-electron chi connectivity index (χ1n) is 14.8. The lowest BCUT2D eigenvalue weighted by molar-refractivity contribution is 0.591. The van der Waals surface area contributed by atoms with Crippen molar-refractivity contribution in [2.24, 2.45) is 0 Å². The Labute approximate surface area is 255 Å². The molecule has 4 heteroatoms. The molecule has 208 valence electrons. The van der Waals surface area contributed by atoms with Crippen LogP contribution in [0, 0.1) is 17.9 Å². The molecular formula is C40H28N4. The van der Waals surface area contributed by atoms with Crippen LogP contribution < -0.4 is 0 Å². The van der Waals surface area contributed by atoms with E-state index in [2.05, 4.69) is 120 Å².